The number of rotatable bonds is 1. The first-order valence-electron chi connectivity index (χ1n) is 4.69. The molecule has 0 aliphatic rings. The Morgan fingerprint density at radius 3 is 1.93 bits per heavy atom. The van der Waals surface area contributed by atoms with E-state index in [0.29, 0.717) is 0 Å². The van der Waals surface area contributed by atoms with Crippen LogP contribution in [0.3, 0.4) is 0 Å². The smallest absolute Gasteiger partial charge is 0.456 e. The molecular weight excluding hydrogens is 271 g/mol. The summed E-state index contributed by atoms with van der Waals surface area (Å²) in [5.41, 5.74) is 4.41. The van der Waals surface area contributed by atoms with E-state index in [-0.39, 0.29) is 19.5 Å². The molecule has 1 N–H and O–H groups in total. The van der Waals surface area contributed by atoms with Gasteiger partial charge in [-0.25, -0.2) is 23.8 Å². The number of nitrogens with one attached hydrogen (secondary N) is 1. The Labute approximate surface area is 106 Å². The van der Waals surface area contributed by atoms with Crippen LogP contribution in [-0.2, 0) is 19.5 Å². The van der Waals surface area contributed by atoms with Gasteiger partial charge in [-0.05, 0) is 6.92 Å². The van der Waals surface area contributed by atoms with Gasteiger partial charge in [-0.2, -0.15) is 5.57 Å². The zero-order valence-electron chi connectivity index (χ0n) is 10.1. The second kappa shape index (κ2) is 8.67. The van der Waals surface area contributed by atoms with E-state index in [1.807, 2.05) is 46.8 Å². The van der Waals surface area contributed by atoms with E-state index < -0.39 is 0 Å². The molecule has 84 valence electrons. The van der Waals surface area contributed by atoms with Crippen molar-refractivity contribution in [1.82, 2.24) is 4.98 Å². The van der Waals surface area contributed by atoms with Gasteiger partial charge >= 0.3 is 19.5 Å². The summed E-state index contributed by atoms with van der Waals surface area (Å²) in [5.74, 6) is 0. The van der Waals surface area contributed by atoms with Crippen LogP contribution in [0.15, 0.2) is 23.3 Å². The van der Waals surface area contributed by atoms with Crippen LogP contribution < -0.4 is 0 Å². The molecule has 0 saturated carbocycles. The average molecular weight is 290 g/mol. The average Bonchev–Trinajstić information content (AvgIpc) is 2.32. The number of H-pyrrole nitrogens is 1. The van der Waals surface area contributed by atoms with Gasteiger partial charge in [-0.15, -0.1) is 5.69 Å². The van der Waals surface area contributed by atoms with Crippen LogP contribution in [0.25, 0.3) is 0 Å². The third kappa shape index (κ3) is 11.3. The van der Waals surface area contributed by atoms with E-state index in [1.54, 1.807) is 0 Å². The number of aromatic nitrogens is 1. The van der Waals surface area contributed by atoms with Gasteiger partial charge in [0.2, 0.25) is 0 Å². The number of hydrogen-bond donors (Lipinski definition) is 1. The second-order valence-electron chi connectivity index (χ2n) is 3.69. The first-order chi connectivity index (χ1) is 6.41. The fourth-order valence-corrected chi connectivity index (χ4v) is 1.04. The van der Waals surface area contributed by atoms with E-state index in [4.69, 9.17) is 6.58 Å². The van der Waals surface area contributed by atoms with Crippen molar-refractivity contribution in [3.63, 3.8) is 0 Å². The van der Waals surface area contributed by atoms with Crippen molar-refractivity contribution in [2.75, 3.05) is 0 Å². The molecule has 0 atom stereocenters. The molecule has 0 aliphatic carbocycles. The van der Waals surface area contributed by atoms with Crippen LogP contribution in [-0.4, -0.2) is 4.98 Å². The van der Waals surface area contributed by atoms with Crippen LogP contribution in [0.1, 0.15) is 32.2 Å². The van der Waals surface area contributed by atoms with Gasteiger partial charge in [-0.3, -0.25) is 6.58 Å². The summed E-state index contributed by atoms with van der Waals surface area (Å²) in [7, 11) is 0. The Kier molecular flexibility index (Phi) is 9.71. The molecule has 0 aliphatic heterocycles. The minimum Gasteiger partial charge on any atom is -0.456 e. The van der Waals surface area contributed by atoms with E-state index in [9.17, 15) is 0 Å². The Balaban J connectivity index is 0. The molecular formula is C13H19NRu. The summed E-state index contributed by atoms with van der Waals surface area (Å²) < 4.78 is 0. The Bertz CT molecular complexity index is 301. The molecule has 0 bridgehead atoms. The zero-order chi connectivity index (χ0) is 11.1. The summed E-state index contributed by atoms with van der Waals surface area (Å²) in [6.07, 6.45) is 1.94. The number of hydrogen-bond acceptors (Lipinski definition) is 0. The summed E-state index contributed by atoms with van der Waals surface area (Å²) in [4.78, 5) is 3.08. The maximum Gasteiger partial charge on any atom is 2.00 e. The second-order valence-corrected chi connectivity index (χ2v) is 3.69. The predicted octanol–water partition coefficient (Wildman–Crippen LogP) is 3.76. The maximum absolute atomic E-state index is 5.33. The van der Waals surface area contributed by atoms with Gasteiger partial charge in [0.25, 0.3) is 0 Å². The van der Waals surface area contributed by atoms with E-state index in [0.717, 1.165) is 11.3 Å². The molecule has 1 aromatic heterocycles. The zero-order valence-corrected chi connectivity index (χ0v) is 11.8. The number of aryl methyl sites for hydroxylation is 2. The van der Waals surface area contributed by atoms with E-state index >= 15 is 0 Å². The Morgan fingerprint density at radius 2 is 1.87 bits per heavy atom. The van der Waals surface area contributed by atoms with Crippen LogP contribution in [0.5, 0.6) is 0 Å². The molecule has 0 spiro atoms. The molecule has 15 heavy (non-hydrogen) atoms. The summed E-state index contributed by atoms with van der Waals surface area (Å²) in [5, 5.41) is 0. The molecule has 0 radical (unpaired) electrons. The van der Waals surface area contributed by atoms with Crippen LogP contribution in [0.2, 0.25) is 0 Å². The van der Waals surface area contributed by atoms with Crippen molar-refractivity contribution in [2.24, 2.45) is 0 Å². The molecule has 1 aromatic rings. The van der Waals surface area contributed by atoms with Gasteiger partial charge in [0.05, 0.1) is 0 Å². The third-order valence-corrected chi connectivity index (χ3v) is 1.41. The van der Waals surface area contributed by atoms with E-state index in [1.165, 1.54) is 11.3 Å². The molecule has 0 fully saturated rings. The van der Waals surface area contributed by atoms with Gasteiger partial charge < -0.3 is 4.98 Å². The van der Waals surface area contributed by atoms with Crippen molar-refractivity contribution in [2.45, 2.75) is 34.6 Å². The molecule has 1 nitrogen and oxygen atoms in total. The minimum atomic E-state index is 0. The Morgan fingerprint density at radius 1 is 1.33 bits per heavy atom. The first kappa shape index (κ1) is 16.8. The quantitative estimate of drug-likeness (QED) is 0.460. The molecule has 0 amide bonds. The predicted molar refractivity (Wildman–Crippen MR) is 62.0 cm³/mol. The third-order valence-electron chi connectivity index (χ3n) is 1.41. The largest absolute Gasteiger partial charge is 2.00 e. The summed E-state index contributed by atoms with van der Waals surface area (Å²) >= 11 is 0. The van der Waals surface area contributed by atoms with Crippen molar-refractivity contribution < 1.29 is 19.5 Å². The van der Waals surface area contributed by atoms with Crippen molar-refractivity contribution in [1.29, 1.82) is 0 Å². The number of aromatic amines is 1. The monoisotopic (exact) mass is 291 g/mol. The number of allylic oxidation sites excluding steroid dienone is 3. The van der Waals surface area contributed by atoms with Gasteiger partial charge in [0.15, 0.2) is 0 Å². The normalized spacial score (nSPS) is 8.07. The summed E-state index contributed by atoms with van der Waals surface area (Å²) in [6, 6.07) is 4.95. The fraction of sp³-hybridized carbons (Fsp3) is 0.385. The van der Waals surface area contributed by atoms with Gasteiger partial charge in [-0.1, -0.05) is 33.4 Å². The molecule has 0 saturated heterocycles. The first-order valence-corrected chi connectivity index (χ1v) is 4.69. The molecule has 1 heterocycles. The maximum atomic E-state index is 5.33. The fourth-order valence-electron chi connectivity index (χ4n) is 1.04. The Hall–Kier alpha value is -0.617. The van der Waals surface area contributed by atoms with Crippen molar-refractivity contribution >= 4 is 0 Å². The van der Waals surface area contributed by atoms with Crippen LogP contribution >= 0.6 is 0 Å². The summed E-state index contributed by atoms with van der Waals surface area (Å²) in [6.45, 7) is 15.3. The van der Waals surface area contributed by atoms with Crippen molar-refractivity contribution in [3.8, 4) is 0 Å². The topological polar surface area (TPSA) is 15.8 Å². The molecule has 0 aromatic carbocycles. The molecule has 0 unspecified atom stereocenters. The minimum absolute atomic E-state index is 0. The molecule has 2 heteroatoms. The SMILES string of the molecule is Cc1[c-]cc(C)[nH]1.[CH-]=C(C)C=C(C)C.[Ru+2]. The van der Waals surface area contributed by atoms with Gasteiger partial charge in [0, 0.05) is 0 Å². The standard InChI is InChI=1S/C7H11.C6H8N.Ru/c1-6(2)5-7(3)4;1-5-3-4-6(2)7-5;/h1,5H,2-4H3;3,7H,1-2H3;/q2*-1;+2. The van der Waals surface area contributed by atoms with Gasteiger partial charge in [0.1, 0.15) is 0 Å². The van der Waals surface area contributed by atoms with Crippen molar-refractivity contribution in [3.05, 3.63) is 47.3 Å². The molecule has 1 rings (SSSR count). The van der Waals surface area contributed by atoms with Crippen LogP contribution in [0, 0.1) is 26.5 Å². The van der Waals surface area contributed by atoms with E-state index in [2.05, 4.69) is 11.1 Å². The van der Waals surface area contributed by atoms with Crippen LogP contribution in [0.4, 0.5) is 0 Å².